The zero-order valence-corrected chi connectivity index (χ0v) is 11.9. The van der Waals surface area contributed by atoms with Gasteiger partial charge in [-0.2, -0.15) is 0 Å². The third kappa shape index (κ3) is 3.37. The average molecular weight is 314 g/mol. The van der Waals surface area contributed by atoms with Crippen LogP contribution < -0.4 is 5.32 Å². The van der Waals surface area contributed by atoms with E-state index < -0.39 is 0 Å². The molecule has 2 aromatic rings. The lowest BCUT2D eigenvalue weighted by Crippen LogP contribution is -2.12. The van der Waals surface area contributed by atoms with Crippen molar-refractivity contribution in [2.45, 2.75) is 20.0 Å². The van der Waals surface area contributed by atoms with Crippen LogP contribution in [0, 0.1) is 12.7 Å². The summed E-state index contributed by atoms with van der Waals surface area (Å²) >= 11 is 5.16. The van der Waals surface area contributed by atoms with Crippen molar-refractivity contribution in [3.05, 3.63) is 55.9 Å². The second-order valence-electron chi connectivity index (χ2n) is 3.87. The van der Waals surface area contributed by atoms with Gasteiger partial charge in [0.05, 0.1) is 0 Å². The molecule has 0 aliphatic rings. The van der Waals surface area contributed by atoms with Crippen molar-refractivity contribution in [2.75, 3.05) is 0 Å². The molecule has 4 heteroatoms. The number of rotatable bonds is 4. The highest BCUT2D eigenvalue weighted by molar-refractivity contribution is 9.10. The Morgan fingerprint density at radius 1 is 1.29 bits per heavy atom. The Labute approximate surface area is 113 Å². The summed E-state index contributed by atoms with van der Waals surface area (Å²) < 4.78 is 14.0. The molecule has 0 radical (unpaired) electrons. The molecule has 0 unspecified atom stereocenters. The Balaban J connectivity index is 1.94. The number of hydrogen-bond donors (Lipinski definition) is 1. The van der Waals surface area contributed by atoms with Gasteiger partial charge in [0.1, 0.15) is 5.82 Å². The normalized spacial score (nSPS) is 10.8. The summed E-state index contributed by atoms with van der Waals surface area (Å²) in [6.45, 7) is 3.59. The Hall–Kier alpha value is -0.710. The molecule has 0 saturated carbocycles. The van der Waals surface area contributed by atoms with Crippen molar-refractivity contribution >= 4 is 27.3 Å². The minimum atomic E-state index is -0.197. The third-order valence-corrected chi connectivity index (χ3v) is 4.37. The zero-order chi connectivity index (χ0) is 12.3. The third-order valence-electron chi connectivity index (χ3n) is 2.58. The molecule has 0 fully saturated rings. The monoisotopic (exact) mass is 313 g/mol. The van der Waals surface area contributed by atoms with Crippen LogP contribution in [-0.2, 0) is 13.1 Å². The van der Waals surface area contributed by atoms with Gasteiger partial charge in [-0.1, -0.05) is 15.9 Å². The topological polar surface area (TPSA) is 12.0 Å². The second kappa shape index (κ2) is 5.76. The van der Waals surface area contributed by atoms with E-state index in [0.717, 1.165) is 16.6 Å². The van der Waals surface area contributed by atoms with Gasteiger partial charge in [-0.05, 0) is 47.7 Å². The van der Waals surface area contributed by atoms with Gasteiger partial charge in [0.15, 0.2) is 0 Å². The smallest absolute Gasteiger partial charge is 0.123 e. The second-order valence-corrected chi connectivity index (χ2v) is 5.72. The van der Waals surface area contributed by atoms with Crippen LogP contribution in [0.5, 0.6) is 0 Å². The number of hydrogen-bond acceptors (Lipinski definition) is 2. The first kappa shape index (κ1) is 12.7. The number of halogens is 2. The standard InChI is InChI=1S/C13H13BrFNS/c1-9-4-5-17-13(9)8-16-7-10-6-11(15)2-3-12(10)14/h2-6,16H,7-8H2,1H3. The summed E-state index contributed by atoms with van der Waals surface area (Å²) in [5.74, 6) is -0.197. The van der Waals surface area contributed by atoms with Crippen LogP contribution in [0.4, 0.5) is 4.39 Å². The molecular weight excluding hydrogens is 301 g/mol. The summed E-state index contributed by atoms with van der Waals surface area (Å²) in [6.07, 6.45) is 0. The van der Waals surface area contributed by atoms with E-state index in [1.807, 2.05) is 0 Å². The molecule has 17 heavy (non-hydrogen) atoms. The number of thiophene rings is 1. The molecule has 2 rings (SSSR count). The van der Waals surface area contributed by atoms with E-state index in [0.29, 0.717) is 6.54 Å². The lowest BCUT2D eigenvalue weighted by atomic mass is 10.2. The number of benzene rings is 1. The van der Waals surface area contributed by atoms with E-state index in [1.54, 1.807) is 23.5 Å². The van der Waals surface area contributed by atoms with Crippen LogP contribution in [0.25, 0.3) is 0 Å². The molecule has 1 aromatic carbocycles. The maximum absolute atomic E-state index is 13.1. The molecule has 1 heterocycles. The predicted molar refractivity (Wildman–Crippen MR) is 73.7 cm³/mol. The Morgan fingerprint density at radius 2 is 2.12 bits per heavy atom. The van der Waals surface area contributed by atoms with Crippen LogP contribution in [0.15, 0.2) is 34.1 Å². The van der Waals surface area contributed by atoms with Crippen molar-refractivity contribution in [1.82, 2.24) is 5.32 Å². The van der Waals surface area contributed by atoms with E-state index >= 15 is 0 Å². The minimum absolute atomic E-state index is 0.197. The molecule has 0 aliphatic carbocycles. The summed E-state index contributed by atoms with van der Waals surface area (Å²) in [7, 11) is 0. The first-order chi connectivity index (χ1) is 8.16. The summed E-state index contributed by atoms with van der Waals surface area (Å²) in [5, 5.41) is 5.41. The molecule has 0 saturated heterocycles. The van der Waals surface area contributed by atoms with Crippen LogP contribution in [0.1, 0.15) is 16.0 Å². The van der Waals surface area contributed by atoms with Gasteiger partial charge in [0, 0.05) is 22.4 Å². The first-order valence-electron chi connectivity index (χ1n) is 5.34. The highest BCUT2D eigenvalue weighted by atomic mass is 79.9. The van der Waals surface area contributed by atoms with Gasteiger partial charge < -0.3 is 5.32 Å². The van der Waals surface area contributed by atoms with Crippen LogP contribution >= 0.6 is 27.3 Å². The average Bonchev–Trinajstić information content (AvgIpc) is 2.70. The SMILES string of the molecule is Cc1ccsc1CNCc1cc(F)ccc1Br. The molecule has 0 bridgehead atoms. The fourth-order valence-corrected chi connectivity index (χ4v) is 2.84. The van der Waals surface area contributed by atoms with E-state index in [-0.39, 0.29) is 5.82 Å². The largest absolute Gasteiger partial charge is 0.308 e. The predicted octanol–water partition coefficient (Wildman–Crippen LogP) is 4.25. The summed E-state index contributed by atoms with van der Waals surface area (Å²) in [4.78, 5) is 1.33. The molecule has 90 valence electrons. The number of nitrogens with one attached hydrogen (secondary N) is 1. The van der Waals surface area contributed by atoms with E-state index in [9.17, 15) is 4.39 Å². The quantitative estimate of drug-likeness (QED) is 0.890. The van der Waals surface area contributed by atoms with Gasteiger partial charge in [-0.15, -0.1) is 11.3 Å². The molecule has 0 atom stereocenters. The molecule has 1 nitrogen and oxygen atoms in total. The molecule has 0 aliphatic heterocycles. The van der Waals surface area contributed by atoms with Gasteiger partial charge in [0.2, 0.25) is 0 Å². The highest BCUT2D eigenvalue weighted by Crippen LogP contribution is 2.19. The number of aryl methyl sites for hydroxylation is 1. The van der Waals surface area contributed by atoms with Crippen molar-refractivity contribution in [1.29, 1.82) is 0 Å². The van der Waals surface area contributed by atoms with Crippen LogP contribution in [0.3, 0.4) is 0 Å². The molecule has 1 aromatic heterocycles. The van der Waals surface area contributed by atoms with Gasteiger partial charge in [-0.25, -0.2) is 4.39 Å². The lowest BCUT2D eigenvalue weighted by Gasteiger charge is -2.06. The van der Waals surface area contributed by atoms with Crippen LogP contribution in [0.2, 0.25) is 0 Å². The Bertz CT molecular complexity index is 510. The molecule has 0 amide bonds. The summed E-state index contributed by atoms with van der Waals surface area (Å²) in [6, 6.07) is 6.86. The van der Waals surface area contributed by atoms with Crippen molar-refractivity contribution in [3.63, 3.8) is 0 Å². The zero-order valence-electron chi connectivity index (χ0n) is 9.47. The Kier molecular flexibility index (Phi) is 4.31. The minimum Gasteiger partial charge on any atom is -0.308 e. The van der Waals surface area contributed by atoms with Gasteiger partial charge in [0.25, 0.3) is 0 Å². The molecular formula is C13H13BrFNS. The van der Waals surface area contributed by atoms with Crippen molar-refractivity contribution in [2.24, 2.45) is 0 Å². The first-order valence-corrected chi connectivity index (χ1v) is 7.01. The maximum Gasteiger partial charge on any atom is 0.123 e. The van der Waals surface area contributed by atoms with E-state index in [1.165, 1.54) is 16.5 Å². The van der Waals surface area contributed by atoms with Crippen molar-refractivity contribution < 1.29 is 4.39 Å². The fraction of sp³-hybridized carbons (Fsp3) is 0.231. The fourth-order valence-electron chi connectivity index (χ4n) is 1.57. The Morgan fingerprint density at radius 3 is 2.82 bits per heavy atom. The maximum atomic E-state index is 13.1. The van der Waals surface area contributed by atoms with Crippen molar-refractivity contribution in [3.8, 4) is 0 Å². The highest BCUT2D eigenvalue weighted by Gasteiger charge is 2.03. The summed E-state index contributed by atoms with van der Waals surface area (Å²) in [5.41, 5.74) is 2.25. The van der Waals surface area contributed by atoms with Gasteiger partial charge in [-0.3, -0.25) is 0 Å². The van der Waals surface area contributed by atoms with E-state index in [4.69, 9.17) is 0 Å². The van der Waals surface area contributed by atoms with Gasteiger partial charge >= 0.3 is 0 Å². The van der Waals surface area contributed by atoms with E-state index in [2.05, 4.69) is 39.6 Å². The molecule has 1 N–H and O–H groups in total. The molecule has 0 spiro atoms. The lowest BCUT2D eigenvalue weighted by molar-refractivity contribution is 0.619. The van der Waals surface area contributed by atoms with Crippen LogP contribution in [-0.4, -0.2) is 0 Å².